The van der Waals surface area contributed by atoms with Crippen LogP contribution in [0.1, 0.15) is 24.0 Å². The fraction of sp³-hybridized carbons (Fsp3) is 0.381. The molecule has 0 aliphatic carbocycles. The van der Waals surface area contributed by atoms with E-state index in [0.29, 0.717) is 0 Å². The zero-order valence-electron chi connectivity index (χ0n) is 15.5. The monoisotopic (exact) mass is 391 g/mol. The molecule has 0 spiro atoms. The second-order valence-corrected chi connectivity index (χ2v) is 7.06. The van der Waals surface area contributed by atoms with E-state index in [1.165, 1.54) is 17.7 Å². The van der Waals surface area contributed by atoms with Crippen molar-refractivity contribution in [3.63, 3.8) is 0 Å². The van der Waals surface area contributed by atoms with Crippen LogP contribution in [0, 0.1) is 0 Å². The molecule has 0 saturated carbocycles. The van der Waals surface area contributed by atoms with Gasteiger partial charge in [0.1, 0.15) is 0 Å². The van der Waals surface area contributed by atoms with Crippen molar-refractivity contribution in [2.45, 2.75) is 31.6 Å². The van der Waals surface area contributed by atoms with E-state index in [1.807, 2.05) is 18.2 Å². The van der Waals surface area contributed by atoms with Gasteiger partial charge in [-0.05, 0) is 43.1 Å². The molecule has 0 bridgehead atoms. The molecular weight excluding hydrogens is 367 g/mol. The number of halogens is 3. The summed E-state index contributed by atoms with van der Waals surface area (Å²) < 4.78 is 38.3. The molecule has 1 aliphatic heterocycles. The van der Waals surface area contributed by atoms with E-state index in [0.717, 1.165) is 44.6 Å². The van der Waals surface area contributed by atoms with Crippen LogP contribution >= 0.6 is 0 Å². The van der Waals surface area contributed by atoms with Crippen LogP contribution in [0.15, 0.2) is 54.6 Å². The van der Waals surface area contributed by atoms with E-state index >= 15 is 0 Å². The normalized spacial score (nSPS) is 17.9. The van der Waals surface area contributed by atoms with Crippen molar-refractivity contribution in [2.75, 3.05) is 25.0 Å². The number of likely N-dealkylation sites (tertiary alicyclic amines) is 1. The summed E-state index contributed by atoms with van der Waals surface area (Å²) in [4.78, 5) is 14.5. The molecule has 1 saturated heterocycles. The molecule has 2 aromatic carbocycles. The topological polar surface area (TPSA) is 44.4 Å². The van der Waals surface area contributed by atoms with Gasteiger partial charge >= 0.3 is 6.18 Å². The van der Waals surface area contributed by atoms with E-state index in [2.05, 4.69) is 27.7 Å². The Hall–Kier alpha value is -2.54. The van der Waals surface area contributed by atoms with Crippen molar-refractivity contribution in [3.8, 4) is 0 Å². The van der Waals surface area contributed by atoms with Crippen LogP contribution in [0.25, 0.3) is 0 Å². The number of alkyl halides is 3. The number of rotatable bonds is 6. The molecule has 1 aliphatic rings. The highest BCUT2D eigenvalue weighted by Gasteiger charge is 2.30. The summed E-state index contributed by atoms with van der Waals surface area (Å²) >= 11 is 0. The van der Waals surface area contributed by atoms with Gasteiger partial charge in [0.15, 0.2) is 0 Å². The highest BCUT2D eigenvalue weighted by atomic mass is 19.4. The molecule has 2 aromatic rings. The molecule has 0 radical (unpaired) electrons. The minimum atomic E-state index is -4.40. The fourth-order valence-corrected chi connectivity index (χ4v) is 3.43. The quantitative estimate of drug-likeness (QED) is 0.785. The molecule has 3 rings (SSSR count). The third-order valence-electron chi connectivity index (χ3n) is 4.76. The van der Waals surface area contributed by atoms with Crippen LogP contribution < -0.4 is 10.6 Å². The van der Waals surface area contributed by atoms with E-state index in [4.69, 9.17) is 0 Å². The van der Waals surface area contributed by atoms with Crippen LogP contribution in [-0.4, -0.2) is 36.5 Å². The number of hydrogen-bond donors (Lipinski definition) is 2. The van der Waals surface area contributed by atoms with Crippen LogP contribution in [0.2, 0.25) is 0 Å². The van der Waals surface area contributed by atoms with E-state index in [9.17, 15) is 18.0 Å². The predicted molar refractivity (Wildman–Crippen MR) is 103 cm³/mol. The van der Waals surface area contributed by atoms with Crippen LogP contribution in [-0.2, 0) is 17.5 Å². The Bertz CT molecular complexity index is 780. The van der Waals surface area contributed by atoms with Gasteiger partial charge in [-0.1, -0.05) is 36.4 Å². The summed E-state index contributed by atoms with van der Waals surface area (Å²) in [7, 11) is 0. The first-order valence-corrected chi connectivity index (χ1v) is 9.37. The number of hydrogen-bond acceptors (Lipinski definition) is 3. The lowest BCUT2D eigenvalue weighted by Crippen LogP contribution is -2.48. The third-order valence-corrected chi connectivity index (χ3v) is 4.76. The van der Waals surface area contributed by atoms with Crippen molar-refractivity contribution in [2.24, 2.45) is 0 Å². The lowest BCUT2D eigenvalue weighted by atomic mass is 10.0. The number of benzene rings is 2. The summed E-state index contributed by atoms with van der Waals surface area (Å²) in [6.07, 6.45) is -2.50. The van der Waals surface area contributed by atoms with E-state index in [-0.39, 0.29) is 24.2 Å². The largest absolute Gasteiger partial charge is 0.416 e. The second-order valence-electron chi connectivity index (χ2n) is 7.06. The number of piperidine rings is 1. The van der Waals surface area contributed by atoms with Crippen LogP contribution in [0.5, 0.6) is 0 Å². The highest BCUT2D eigenvalue weighted by molar-refractivity contribution is 5.81. The molecule has 150 valence electrons. The highest BCUT2D eigenvalue weighted by Crippen LogP contribution is 2.30. The lowest BCUT2D eigenvalue weighted by molar-refractivity contribution is -0.137. The Morgan fingerprint density at radius 2 is 1.89 bits per heavy atom. The van der Waals surface area contributed by atoms with Crippen LogP contribution in [0.3, 0.4) is 0 Å². The SMILES string of the molecule is O=C(CNc1cccc(C(F)(F)F)c1)NC1CCCN(Cc2ccccc2)C1. The standard InChI is InChI=1S/C21H24F3N3O/c22-21(23,24)17-8-4-9-18(12-17)25-13-20(28)26-19-10-5-11-27(15-19)14-16-6-2-1-3-7-16/h1-4,6-9,12,19,25H,5,10-11,13-15H2,(H,26,28). The zero-order chi connectivity index (χ0) is 20.0. The molecule has 1 fully saturated rings. The van der Waals surface area contributed by atoms with Gasteiger partial charge in [-0.2, -0.15) is 13.2 Å². The van der Waals surface area contributed by atoms with Crippen molar-refractivity contribution in [1.29, 1.82) is 0 Å². The van der Waals surface area contributed by atoms with Gasteiger partial charge in [-0.3, -0.25) is 9.69 Å². The number of nitrogens with one attached hydrogen (secondary N) is 2. The number of amides is 1. The first-order valence-electron chi connectivity index (χ1n) is 9.37. The molecule has 4 nitrogen and oxygen atoms in total. The summed E-state index contributed by atoms with van der Waals surface area (Å²) in [5.74, 6) is -0.219. The average molecular weight is 391 g/mol. The van der Waals surface area contributed by atoms with Gasteiger partial charge in [-0.25, -0.2) is 0 Å². The van der Waals surface area contributed by atoms with Gasteiger partial charge in [0, 0.05) is 24.8 Å². The smallest absolute Gasteiger partial charge is 0.376 e. The molecule has 1 amide bonds. The first-order chi connectivity index (χ1) is 13.4. The molecule has 7 heteroatoms. The number of carbonyl (C=O) groups is 1. The molecule has 1 atom stereocenters. The Morgan fingerprint density at radius 3 is 2.64 bits per heavy atom. The Morgan fingerprint density at radius 1 is 1.11 bits per heavy atom. The number of anilines is 1. The Kier molecular flexibility index (Phi) is 6.57. The van der Waals surface area contributed by atoms with Crippen LogP contribution in [0.4, 0.5) is 18.9 Å². The summed E-state index contributed by atoms with van der Waals surface area (Å²) in [6.45, 7) is 2.54. The first kappa shape index (κ1) is 20.2. The minimum absolute atomic E-state index is 0.0493. The number of carbonyl (C=O) groups excluding carboxylic acids is 1. The Labute approximate surface area is 162 Å². The fourth-order valence-electron chi connectivity index (χ4n) is 3.43. The lowest BCUT2D eigenvalue weighted by Gasteiger charge is -2.33. The number of nitrogens with zero attached hydrogens (tertiary/aromatic N) is 1. The molecule has 1 unspecified atom stereocenters. The maximum atomic E-state index is 12.8. The summed E-state index contributed by atoms with van der Waals surface area (Å²) in [5, 5.41) is 5.76. The van der Waals surface area contributed by atoms with Gasteiger partial charge < -0.3 is 10.6 Å². The van der Waals surface area contributed by atoms with Gasteiger partial charge in [0.2, 0.25) is 5.91 Å². The van der Waals surface area contributed by atoms with Crippen molar-refractivity contribution >= 4 is 11.6 Å². The molecule has 1 heterocycles. The van der Waals surface area contributed by atoms with Gasteiger partial charge in [0.25, 0.3) is 0 Å². The summed E-state index contributed by atoms with van der Waals surface area (Å²) in [6, 6.07) is 15.1. The average Bonchev–Trinajstić information content (AvgIpc) is 2.67. The third kappa shape index (κ3) is 5.99. The van der Waals surface area contributed by atoms with Gasteiger partial charge in [-0.15, -0.1) is 0 Å². The maximum absolute atomic E-state index is 12.8. The predicted octanol–water partition coefficient (Wildman–Crippen LogP) is 3.90. The zero-order valence-corrected chi connectivity index (χ0v) is 15.5. The molecular formula is C21H24F3N3O. The Balaban J connectivity index is 1.47. The second kappa shape index (κ2) is 9.10. The van der Waals surface area contributed by atoms with E-state index in [1.54, 1.807) is 0 Å². The maximum Gasteiger partial charge on any atom is 0.416 e. The van der Waals surface area contributed by atoms with E-state index < -0.39 is 11.7 Å². The molecule has 28 heavy (non-hydrogen) atoms. The summed E-state index contributed by atoms with van der Waals surface area (Å²) in [5.41, 5.74) is 0.779. The molecule has 0 aromatic heterocycles. The van der Waals surface area contributed by atoms with Crippen molar-refractivity contribution in [1.82, 2.24) is 10.2 Å². The van der Waals surface area contributed by atoms with Crippen molar-refractivity contribution < 1.29 is 18.0 Å². The minimum Gasteiger partial charge on any atom is -0.376 e. The molecule has 2 N–H and O–H groups in total. The van der Waals surface area contributed by atoms with Crippen molar-refractivity contribution in [3.05, 3.63) is 65.7 Å². The van der Waals surface area contributed by atoms with Gasteiger partial charge in [0.05, 0.1) is 12.1 Å².